The third-order valence-corrected chi connectivity index (χ3v) is 5.40. The molecule has 1 atom stereocenters. The van der Waals surface area contributed by atoms with Crippen molar-refractivity contribution < 1.29 is 4.42 Å². The fourth-order valence-electron chi connectivity index (χ4n) is 3.15. The Balaban J connectivity index is 1.94. The standard InChI is InChI=1S/C16H20Cl2N4O2/c1-8-11(15-21-22-16(23)24-15)7-12(17)13(18)14(8)20-9(2)10-3-5-19-6-4-10/h7,9-10,19-20H,3-6H2,1-2H3,(H,22,23). The third-order valence-electron chi connectivity index (χ3n) is 4.61. The van der Waals surface area contributed by atoms with E-state index in [1.54, 1.807) is 6.07 Å². The highest BCUT2D eigenvalue weighted by atomic mass is 35.5. The summed E-state index contributed by atoms with van der Waals surface area (Å²) in [6.45, 7) is 6.12. The van der Waals surface area contributed by atoms with Crippen LogP contribution < -0.4 is 16.4 Å². The zero-order valence-corrected chi connectivity index (χ0v) is 15.1. The molecule has 1 unspecified atom stereocenters. The Morgan fingerprint density at radius 1 is 1.38 bits per heavy atom. The molecule has 0 spiro atoms. The second-order valence-corrected chi connectivity index (χ2v) is 6.94. The summed E-state index contributed by atoms with van der Waals surface area (Å²) >= 11 is 12.7. The molecule has 1 saturated heterocycles. The number of piperidine rings is 1. The molecular weight excluding hydrogens is 351 g/mol. The summed E-state index contributed by atoms with van der Waals surface area (Å²) in [6, 6.07) is 1.92. The molecule has 130 valence electrons. The van der Waals surface area contributed by atoms with Gasteiger partial charge in [0.05, 0.1) is 15.7 Å². The first-order chi connectivity index (χ1) is 11.5. The van der Waals surface area contributed by atoms with Crippen LogP contribution in [-0.4, -0.2) is 29.3 Å². The van der Waals surface area contributed by atoms with Gasteiger partial charge >= 0.3 is 5.76 Å². The van der Waals surface area contributed by atoms with Crippen molar-refractivity contribution in [3.63, 3.8) is 0 Å². The van der Waals surface area contributed by atoms with Crippen molar-refractivity contribution in [3.05, 3.63) is 32.2 Å². The number of aromatic nitrogens is 2. The minimum absolute atomic E-state index is 0.202. The van der Waals surface area contributed by atoms with Crippen molar-refractivity contribution in [2.45, 2.75) is 32.7 Å². The van der Waals surface area contributed by atoms with Gasteiger partial charge in [0.15, 0.2) is 0 Å². The Morgan fingerprint density at radius 3 is 2.71 bits per heavy atom. The molecule has 1 fully saturated rings. The predicted octanol–water partition coefficient (Wildman–Crippen LogP) is 3.45. The molecule has 1 aromatic carbocycles. The molecule has 1 aliphatic rings. The number of anilines is 1. The minimum atomic E-state index is -0.604. The zero-order valence-electron chi connectivity index (χ0n) is 13.6. The molecule has 0 amide bonds. The van der Waals surface area contributed by atoms with E-state index in [4.69, 9.17) is 27.6 Å². The van der Waals surface area contributed by atoms with Gasteiger partial charge < -0.3 is 15.1 Å². The second kappa shape index (κ2) is 7.17. The highest BCUT2D eigenvalue weighted by Gasteiger charge is 2.23. The molecule has 2 heterocycles. The highest BCUT2D eigenvalue weighted by molar-refractivity contribution is 6.44. The lowest BCUT2D eigenvalue weighted by Crippen LogP contribution is -2.36. The minimum Gasteiger partial charge on any atom is -0.388 e. The van der Waals surface area contributed by atoms with Crippen molar-refractivity contribution >= 4 is 28.9 Å². The van der Waals surface area contributed by atoms with Gasteiger partial charge in [-0.1, -0.05) is 23.2 Å². The van der Waals surface area contributed by atoms with E-state index in [0.29, 0.717) is 21.5 Å². The third kappa shape index (κ3) is 3.45. The fraction of sp³-hybridized carbons (Fsp3) is 0.500. The van der Waals surface area contributed by atoms with Crippen LogP contribution >= 0.6 is 23.2 Å². The smallest absolute Gasteiger partial charge is 0.388 e. The van der Waals surface area contributed by atoms with Crippen molar-refractivity contribution in [3.8, 4) is 11.5 Å². The molecule has 1 aromatic heterocycles. The Morgan fingerprint density at radius 2 is 2.08 bits per heavy atom. The van der Waals surface area contributed by atoms with Crippen LogP contribution in [0.2, 0.25) is 10.0 Å². The number of H-pyrrole nitrogens is 1. The van der Waals surface area contributed by atoms with Gasteiger partial charge in [-0.25, -0.2) is 9.89 Å². The molecule has 24 heavy (non-hydrogen) atoms. The predicted molar refractivity (Wildman–Crippen MR) is 96.0 cm³/mol. The Hall–Kier alpha value is -1.50. The number of hydrogen-bond donors (Lipinski definition) is 3. The van der Waals surface area contributed by atoms with Gasteiger partial charge in [-0.05, 0) is 57.3 Å². The van der Waals surface area contributed by atoms with Crippen LogP contribution in [0.15, 0.2) is 15.3 Å². The van der Waals surface area contributed by atoms with Crippen molar-refractivity contribution in [2.75, 3.05) is 18.4 Å². The number of rotatable bonds is 4. The summed E-state index contributed by atoms with van der Waals surface area (Å²) < 4.78 is 5.06. The molecule has 3 N–H and O–H groups in total. The first-order valence-electron chi connectivity index (χ1n) is 7.99. The van der Waals surface area contributed by atoms with E-state index in [2.05, 4.69) is 27.8 Å². The molecule has 2 aromatic rings. The molecule has 0 aliphatic carbocycles. The SMILES string of the molecule is Cc1c(-c2n[nH]c(=O)o2)cc(Cl)c(Cl)c1NC(C)C1CCNCC1. The Bertz CT molecular complexity index is 781. The maximum absolute atomic E-state index is 11.2. The average molecular weight is 371 g/mol. The van der Waals surface area contributed by atoms with Crippen LogP contribution in [0.5, 0.6) is 0 Å². The molecule has 0 radical (unpaired) electrons. The maximum Gasteiger partial charge on any atom is 0.434 e. The van der Waals surface area contributed by atoms with Gasteiger partial charge in [0, 0.05) is 11.6 Å². The van der Waals surface area contributed by atoms with Gasteiger partial charge in [0.25, 0.3) is 0 Å². The van der Waals surface area contributed by atoms with Crippen LogP contribution in [0.1, 0.15) is 25.3 Å². The Kier molecular flexibility index (Phi) is 5.18. The van der Waals surface area contributed by atoms with Gasteiger partial charge in [-0.2, -0.15) is 0 Å². The first kappa shape index (κ1) is 17.3. The maximum atomic E-state index is 11.2. The van der Waals surface area contributed by atoms with Crippen LogP contribution in [0.4, 0.5) is 5.69 Å². The van der Waals surface area contributed by atoms with Gasteiger partial charge in [-0.3, -0.25) is 0 Å². The zero-order chi connectivity index (χ0) is 17.3. The van der Waals surface area contributed by atoms with Gasteiger partial charge in [-0.15, -0.1) is 5.10 Å². The van der Waals surface area contributed by atoms with Crippen LogP contribution in [0.25, 0.3) is 11.5 Å². The molecule has 0 bridgehead atoms. The van der Waals surface area contributed by atoms with E-state index < -0.39 is 5.76 Å². The van der Waals surface area contributed by atoms with Gasteiger partial charge in [0.1, 0.15) is 0 Å². The van der Waals surface area contributed by atoms with Crippen molar-refractivity contribution in [1.82, 2.24) is 15.5 Å². The monoisotopic (exact) mass is 370 g/mol. The fourth-order valence-corrected chi connectivity index (χ4v) is 3.60. The number of nitrogens with one attached hydrogen (secondary N) is 3. The normalized spacial score (nSPS) is 17.0. The van der Waals surface area contributed by atoms with Crippen LogP contribution in [-0.2, 0) is 0 Å². The van der Waals surface area contributed by atoms with E-state index in [1.165, 1.54) is 0 Å². The number of benzene rings is 1. The summed E-state index contributed by atoms with van der Waals surface area (Å²) in [6.07, 6.45) is 2.24. The number of nitrogens with zero attached hydrogens (tertiary/aromatic N) is 1. The lowest BCUT2D eigenvalue weighted by Gasteiger charge is -2.30. The van der Waals surface area contributed by atoms with E-state index in [9.17, 15) is 4.79 Å². The van der Waals surface area contributed by atoms with E-state index in [0.717, 1.165) is 37.2 Å². The molecular formula is C16H20Cl2N4O2. The summed E-state index contributed by atoms with van der Waals surface area (Å²) in [5, 5.41) is 13.9. The first-order valence-corrected chi connectivity index (χ1v) is 8.74. The van der Waals surface area contributed by atoms with Crippen molar-refractivity contribution in [2.24, 2.45) is 5.92 Å². The molecule has 0 saturated carbocycles. The largest absolute Gasteiger partial charge is 0.434 e. The number of hydrogen-bond acceptors (Lipinski definition) is 5. The lowest BCUT2D eigenvalue weighted by molar-refractivity contribution is 0.343. The number of aromatic amines is 1. The van der Waals surface area contributed by atoms with Crippen LogP contribution in [0, 0.1) is 12.8 Å². The number of halogens is 2. The molecule has 3 rings (SSSR count). The summed E-state index contributed by atoms with van der Waals surface area (Å²) in [5.74, 6) is 0.161. The summed E-state index contributed by atoms with van der Waals surface area (Å²) in [4.78, 5) is 11.2. The lowest BCUT2D eigenvalue weighted by atomic mass is 9.91. The Labute approximate surface area is 149 Å². The molecule has 8 heteroatoms. The van der Waals surface area contributed by atoms with E-state index >= 15 is 0 Å². The van der Waals surface area contributed by atoms with Crippen LogP contribution in [0.3, 0.4) is 0 Å². The summed E-state index contributed by atoms with van der Waals surface area (Å²) in [5.41, 5.74) is 2.25. The van der Waals surface area contributed by atoms with E-state index in [1.807, 2.05) is 6.92 Å². The molecule has 1 aliphatic heterocycles. The second-order valence-electron chi connectivity index (χ2n) is 6.16. The van der Waals surface area contributed by atoms with E-state index in [-0.39, 0.29) is 11.9 Å². The highest BCUT2D eigenvalue weighted by Crippen LogP contribution is 2.39. The quantitative estimate of drug-likeness (QED) is 0.767. The van der Waals surface area contributed by atoms with Crippen molar-refractivity contribution in [1.29, 1.82) is 0 Å². The van der Waals surface area contributed by atoms with Gasteiger partial charge in [0.2, 0.25) is 5.89 Å². The summed E-state index contributed by atoms with van der Waals surface area (Å²) in [7, 11) is 0. The average Bonchev–Trinajstić information content (AvgIpc) is 3.01. The molecule has 6 nitrogen and oxygen atoms in total. The topological polar surface area (TPSA) is 83.0 Å².